The Morgan fingerprint density at radius 2 is 1.86 bits per heavy atom. The molecule has 1 heterocycles. The number of piperidine rings is 1. The summed E-state index contributed by atoms with van der Waals surface area (Å²) in [5.74, 6) is 1.29. The maximum absolute atomic E-state index is 12.0. The maximum atomic E-state index is 12.0. The van der Waals surface area contributed by atoms with E-state index in [9.17, 15) is 4.79 Å². The van der Waals surface area contributed by atoms with E-state index in [0.717, 1.165) is 25.3 Å². The Kier molecular flexibility index (Phi) is 5.01. The van der Waals surface area contributed by atoms with E-state index in [1.165, 1.54) is 43.5 Å². The van der Waals surface area contributed by atoms with Crippen molar-refractivity contribution in [1.29, 1.82) is 0 Å². The van der Waals surface area contributed by atoms with Gasteiger partial charge in [0, 0.05) is 31.2 Å². The standard InChI is InChI=1S/C19H28N2O/c1-15-5-4-12-21(14-15)18-10-8-16(9-11-18)13-20-19(22)17-6-2-3-7-17/h8-11,15,17H,2-7,12-14H2,1H3,(H,20,22)/t15-/m1/s1. The molecule has 1 amide bonds. The summed E-state index contributed by atoms with van der Waals surface area (Å²) in [5.41, 5.74) is 2.51. The smallest absolute Gasteiger partial charge is 0.223 e. The first-order valence-corrected chi connectivity index (χ1v) is 8.84. The van der Waals surface area contributed by atoms with Gasteiger partial charge >= 0.3 is 0 Å². The molecule has 1 aromatic carbocycles. The van der Waals surface area contributed by atoms with E-state index < -0.39 is 0 Å². The van der Waals surface area contributed by atoms with E-state index in [4.69, 9.17) is 0 Å². The number of hydrogen-bond acceptors (Lipinski definition) is 2. The summed E-state index contributed by atoms with van der Waals surface area (Å²) < 4.78 is 0. The Labute approximate surface area is 134 Å². The first-order valence-electron chi connectivity index (χ1n) is 8.84. The van der Waals surface area contributed by atoms with Gasteiger partial charge in [-0.05, 0) is 49.3 Å². The van der Waals surface area contributed by atoms with Crippen LogP contribution in [0.5, 0.6) is 0 Å². The molecular weight excluding hydrogens is 272 g/mol. The fourth-order valence-electron chi connectivity index (χ4n) is 3.77. The predicted octanol–water partition coefficient (Wildman–Crippen LogP) is 3.73. The van der Waals surface area contributed by atoms with Crippen LogP contribution in [0.4, 0.5) is 5.69 Å². The molecule has 2 fully saturated rings. The van der Waals surface area contributed by atoms with Crippen LogP contribution in [0.3, 0.4) is 0 Å². The van der Waals surface area contributed by atoms with Gasteiger partial charge in [0.25, 0.3) is 0 Å². The summed E-state index contributed by atoms with van der Waals surface area (Å²) in [7, 11) is 0. The van der Waals surface area contributed by atoms with Crippen LogP contribution >= 0.6 is 0 Å². The Bertz CT molecular complexity index is 491. The SMILES string of the molecule is C[C@@H]1CCCN(c2ccc(CNC(=O)C3CCCC3)cc2)C1. The number of rotatable bonds is 4. The molecule has 1 N–H and O–H groups in total. The van der Waals surface area contributed by atoms with Crippen molar-refractivity contribution in [3.63, 3.8) is 0 Å². The van der Waals surface area contributed by atoms with Crippen molar-refractivity contribution in [3.8, 4) is 0 Å². The monoisotopic (exact) mass is 300 g/mol. The van der Waals surface area contributed by atoms with Gasteiger partial charge in [-0.2, -0.15) is 0 Å². The summed E-state index contributed by atoms with van der Waals surface area (Å²) in [4.78, 5) is 14.5. The van der Waals surface area contributed by atoms with Crippen LogP contribution in [0.25, 0.3) is 0 Å². The van der Waals surface area contributed by atoms with Crippen molar-refractivity contribution in [2.45, 2.75) is 52.0 Å². The highest BCUT2D eigenvalue weighted by molar-refractivity contribution is 5.78. The fourth-order valence-corrected chi connectivity index (χ4v) is 3.77. The molecule has 0 aromatic heterocycles. The average molecular weight is 300 g/mol. The van der Waals surface area contributed by atoms with Crippen LogP contribution in [0.1, 0.15) is 51.0 Å². The number of benzene rings is 1. The number of hydrogen-bond donors (Lipinski definition) is 1. The normalized spacial score (nSPS) is 22.8. The summed E-state index contributed by atoms with van der Waals surface area (Å²) in [5, 5.41) is 3.09. The second-order valence-corrected chi connectivity index (χ2v) is 7.06. The number of anilines is 1. The highest BCUT2D eigenvalue weighted by Gasteiger charge is 2.22. The zero-order valence-electron chi connectivity index (χ0n) is 13.7. The Morgan fingerprint density at radius 1 is 1.14 bits per heavy atom. The molecular formula is C19H28N2O. The Morgan fingerprint density at radius 3 is 2.55 bits per heavy atom. The summed E-state index contributed by atoms with van der Waals surface area (Å²) in [6.45, 7) is 5.32. The van der Waals surface area contributed by atoms with Crippen LogP contribution in [-0.2, 0) is 11.3 Å². The van der Waals surface area contributed by atoms with Crippen molar-refractivity contribution in [2.75, 3.05) is 18.0 Å². The van der Waals surface area contributed by atoms with Gasteiger partial charge in [0.2, 0.25) is 5.91 Å². The quantitative estimate of drug-likeness (QED) is 0.919. The molecule has 3 heteroatoms. The van der Waals surface area contributed by atoms with Crippen LogP contribution < -0.4 is 10.2 Å². The molecule has 1 aliphatic heterocycles. The first kappa shape index (κ1) is 15.4. The highest BCUT2D eigenvalue weighted by Crippen LogP contribution is 2.25. The van der Waals surface area contributed by atoms with E-state index >= 15 is 0 Å². The van der Waals surface area contributed by atoms with Crippen LogP contribution in [0.2, 0.25) is 0 Å². The van der Waals surface area contributed by atoms with E-state index in [-0.39, 0.29) is 11.8 Å². The van der Waals surface area contributed by atoms with Crippen molar-refractivity contribution >= 4 is 11.6 Å². The van der Waals surface area contributed by atoms with Crippen molar-refractivity contribution in [1.82, 2.24) is 5.32 Å². The average Bonchev–Trinajstić information content (AvgIpc) is 3.08. The minimum Gasteiger partial charge on any atom is -0.371 e. The van der Waals surface area contributed by atoms with Gasteiger partial charge in [-0.1, -0.05) is 31.9 Å². The Balaban J connectivity index is 1.51. The van der Waals surface area contributed by atoms with E-state index in [0.29, 0.717) is 6.54 Å². The lowest BCUT2D eigenvalue weighted by Crippen LogP contribution is -2.34. The van der Waals surface area contributed by atoms with Gasteiger partial charge in [0.1, 0.15) is 0 Å². The van der Waals surface area contributed by atoms with Crippen molar-refractivity contribution in [2.24, 2.45) is 11.8 Å². The second-order valence-electron chi connectivity index (χ2n) is 7.06. The topological polar surface area (TPSA) is 32.3 Å². The molecule has 1 aliphatic carbocycles. The predicted molar refractivity (Wildman–Crippen MR) is 90.9 cm³/mol. The number of nitrogens with one attached hydrogen (secondary N) is 1. The summed E-state index contributed by atoms with van der Waals surface area (Å²) in [6.07, 6.45) is 7.19. The number of carbonyl (C=O) groups is 1. The van der Waals surface area contributed by atoms with E-state index in [2.05, 4.69) is 41.4 Å². The van der Waals surface area contributed by atoms with Gasteiger partial charge in [0.05, 0.1) is 0 Å². The van der Waals surface area contributed by atoms with Gasteiger partial charge in [0.15, 0.2) is 0 Å². The largest absolute Gasteiger partial charge is 0.371 e. The lowest BCUT2D eigenvalue weighted by atomic mass is 9.99. The van der Waals surface area contributed by atoms with E-state index in [1.807, 2.05) is 0 Å². The molecule has 1 saturated carbocycles. The van der Waals surface area contributed by atoms with Crippen LogP contribution in [-0.4, -0.2) is 19.0 Å². The molecule has 120 valence electrons. The Hall–Kier alpha value is -1.51. The molecule has 2 aliphatic rings. The lowest BCUT2D eigenvalue weighted by Gasteiger charge is -2.32. The van der Waals surface area contributed by atoms with Gasteiger partial charge < -0.3 is 10.2 Å². The third-order valence-corrected chi connectivity index (χ3v) is 5.15. The van der Waals surface area contributed by atoms with Crippen LogP contribution in [0, 0.1) is 11.8 Å². The zero-order chi connectivity index (χ0) is 15.4. The molecule has 3 nitrogen and oxygen atoms in total. The van der Waals surface area contributed by atoms with Gasteiger partial charge in [-0.25, -0.2) is 0 Å². The van der Waals surface area contributed by atoms with Gasteiger partial charge in [-0.15, -0.1) is 0 Å². The zero-order valence-corrected chi connectivity index (χ0v) is 13.7. The lowest BCUT2D eigenvalue weighted by molar-refractivity contribution is -0.124. The van der Waals surface area contributed by atoms with E-state index in [1.54, 1.807) is 0 Å². The fraction of sp³-hybridized carbons (Fsp3) is 0.632. The first-order chi connectivity index (χ1) is 10.7. The molecule has 0 bridgehead atoms. The van der Waals surface area contributed by atoms with Crippen LogP contribution in [0.15, 0.2) is 24.3 Å². The molecule has 3 rings (SSSR count). The van der Waals surface area contributed by atoms with Gasteiger partial charge in [-0.3, -0.25) is 4.79 Å². The second kappa shape index (κ2) is 7.17. The number of nitrogens with zero attached hydrogens (tertiary/aromatic N) is 1. The minimum atomic E-state index is 0.242. The maximum Gasteiger partial charge on any atom is 0.223 e. The number of amides is 1. The molecule has 0 radical (unpaired) electrons. The third-order valence-electron chi connectivity index (χ3n) is 5.15. The third kappa shape index (κ3) is 3.82. The summed E-state index contributed by atoms with van der Waals surface area (Å²) in [6, 6.07) is 8.72. The van der Waals surface area contributed by atoms with Crippen molar-refractivity contribution in [3.05, 3.63) is 29.8 Å². The minimum absolute atomic E-state index is 0.242. The highest BCUT2D eigenvalue weighted by atomic mass is 16.1. The number of carbonyl (C=O) groups excluding carboxylic acids is 1. The molecule has 0 unspecified atom stereocenters. The molecule has 22 heavy (non-hydrogen) atoms. The van der Waals surface area contributed by atoms with Crippen molar-refractivity contribution < 1.29 is 4.79 Å². The molecule has 1 saturated heterocycles. The molecule has 1 aromatic rings. The molecule has 0 spiro atoms. The summed E-state index contributed by atoms with van der Waals surface area (Å²) >= 11 is 0. The molecule has 1 atom stereocenters.